The Morgan fingerprint density at radius 3 is 2.39 bits per heavy atom. The van der Waals surface area contributed by atoms with Crippen LogP contribution in [0, 0.1) is 17.5 Å². The van der Waals surface area contributed by atoms with Gasteiger partial charge >= 0.3 is 0 Å². The Labute approximate surface area is 106 Å². The molecule has 0 aliphatic carbocycles. The summed E-state index contributed by atoms with van der Waals surface area (Å²) < 4.78 is 39.6. The number of halogens is 3. The minimum Gasteiger partial charge on any atom is -0.392 e. The van der Waals surface area contributed by atoms with Crippen LogP contribution < -0.4 is 0 Å². The van der Waals surface area contributed by atoms with E-state index in [1.54, 1.807) is 6.07 Å². The summed E-state index contributed by atoms with van der Waals surface area (Å²) in [6.07, 6.45) is 0. The minimum atomic E-state index is -0.715. The van der Waals surface area contributed by atoms with Crippen LogP contribution >= 0.6 is 11.8 Å². The molecule has 18 heavy (non-hydrogen) atoms. The number of hydrogen-bond acceptors (Lipinski definition) is 2. The molecule has 0 spiro atoms. The molecule has 2 aromatic carbocycles. The second-order valence-corrected chi connectivity index (χ2v) is 4.64. The van der Waals surface area contributed by atoms with Crippen LogP contribution in [0.2, 0.25) is 0 Å². The van der Waals surface area contributed by atoms with Crippen molar-refractivity contribution in [3.8, 4) is 0 Å². The lowest BCUT2D eigenvalue weighted by molar-refractivity contribution is 0.272. The van der Waals surface area contributed by atoms with Crippen LogP contribution in [-0.4, -0.2) is 5.11 Å². The normalized spacial score (nSPS) is 10.7. The molecule has 0 fully saturated rings. The third kappa shape index (κ3) is 2.68. The predicted molar refractivity (Wildman–Crippen MR) is 62.8 cm³/mol. The van der Waals surface area contributed by atoms with Crippen LogP contribution in [0.15, 0.2) is 46.2 Å². The van der Waals surface area contributed by atoms with Crippen molar-refractivity contribution in [3.63, 3.8) is 0 Å². The molecule has 0 radical (unpaired) electrons. The molecule has 5 heteroatoms. The standard InChI is InChI=1S/C13H9F3OS/c14-8-4-5-13(11(16)6-8)18-12-3-1-2-10(15)9(12)7-17/h1-6,17H,7H2. The van der Waals surface area contributed by atoms with Crippen molar-refractivity contribution in [2.45, 2.75) is 16.4 Å². The molecular weight excluding hydrogens is 261 g/mol. The van der Waals surface area contributed by atoms with Gasteiger partial charge in [0.25, 0.3) is 0 Å². The van der Waals surface area contributed by atoms with Crippen molar-refractivity contribution in [1.29, 1.82) is 0 Å². The summed E-state index contributed by atoms with van der Waals surface area (Å²) in [5, 5.41) is 9.08. The molecular formula is C13H9F3OS. The van der Waals surface area contributed by atoms with Crippen molar-refractivity contribution in [2.24, 2.45) is 0 Å². The first-order valence-electron chi connectivity index (χ1n) is 5.13. The third-order valence-electron chi connectivity index (χ3n) is 2.35. The summed E-state index contributed by atoms with van der Waals surface area (Å²) >= 11 is 0.947. The smallest absolute Gasteiger partial charge is 0.140 e. The highest BCUT2D eigenvalue weighted by Gasteiger charge is 2.11. The van der Waals surface area contributed by atoms with Gasteiger partial charge in [-0.25, -0.2) is 13.2 Å². The highest BCUT2D eigenvalue weighted by Crippen LogP contribution is 2.33. The van der Waals surface area contributed by atoms with Gasteiger partial charge in [-0.3, -0.25) is 0 Å². The Morgan fingerprint density at radius 1 is 0.944 bits per heavy atom. The monoisotopic (exact) mass is 270 g/mol. The first-order chi connectivity index (χ1) is 8.61. The Morgan fingerprint density at radius 2 is 1.72 bits per heavy atom. The third-order valence-corrected chi connectivity index (χ3v) is 3.50. The zero-order chi connectivity index (χ0) is 13.1. The lowest BCUT2D eigenvalue weighted by Crippen LogP contribution is -1.93. The van der Waals surface area contributed by atoms with Crippen molar-refractivity contribution in [1.82, 2.24) is 0 Å². The number of aliphatic hydroxyl groups excluding tert-OH is 1. The molecule has 2 aromatic rings. The molecule has 0 unspecified atom stereocenters. The van der Waals surface area contributed by atoms with Crippen molar-refractivity contribution < 1.29 is 18.3 Å². The maximum absolute atomic E-state index is 13.5. The molecule has 1 nitrogen and oxygen atoms in total. The van der Waals surface area contributed by atoms with Gasteiger partial charge in [0, 0.05) is 21.4 Å². The highest BCUT2D eigenvalue weighted by molar-refractivity contribution is 7.99. The molecule has 0 amide bonds. The summed E-state index contributed by atoms with van der Waals surface area (Å²) in [6, 6.07) is 7.43. The minimum absolute atomic E-state index is 0.103. The summed E-state index contributed by atoms with van der Waals surface area (Å²) in [7, 11) is 0. The molecule has 0 saturated heterocycles. The molecule has 0 aromatic heterocycles. The van der Waals surface area contributed by atoms with Crippen molar-refractivity contribution >= 4 is 11.8 Å². The molecule has 0 aliphatic heterocycles. The van der Waals surface area contributed by atoms with Crippen LogP contribution in [-0.2, 0) is 6.61 Å². The van der Waals surface area contributed by atoms with Gasteiger partial charge in [-0.2, -0.15) is 0 Å². The molecule has 0 atom stereocenters. The van der Waals surface area contributed by atoms with Crippen LogP contribution in [0.1, 0.15) is 5.56 Å². The van der Waals surface area contributed by atoms with E-state index >= 15 is 0 Å². The topological polar surface area (TPSA) is 20.2 Å². The van der Waals surface area contributed by atoms with E-state index in [9.17, 15) is 13.2 Å². The summed E-state index contributed by atoms with van der Waals surface area (Å²) in [4.78, 5) is 0.583. The number of rotatable bonds is 3. The predicted octanol–water partition coefficient (Wildman–Crippen LogP) is 3.75. The van der Waals surface area contributed by atoms with Gasteiger partial charge in [0.2, 0.25) is 0 Å². The van der Waals surface area contributed by atoms with Crippen LogP contribution in [0.3, 0.4) is 0 Å². The molecule has 2 rings (SSSR count). The van der Waals surface area contributed by atoms with E-state index in [-0.39, 0.29) is 10.5 Å². The number of aliphatic hydroxyl groups is 1. The van der Waals surface area contributed by atoms with Crippen LogP contribution in [0.25, 0.3) is 0 Å². The Hall–Kier alpha value is -1.46. The van der Waals surface area contributed by atoms with E-state index in [0.717, 1.165) is 23.9 Å². The zero-order valence-electron chi connectivity index (χ0n) is 9.16. The van der Waals surface area contributed by atoms with Crippen LogP contribution in [0.4, 0.5) is 13.2 Å². The first-order valence-corrected chi connectivity index (χ1v) is 5.94. The highest BCUT2D eigenvalue weighted by atomic mass is 32.2. The van der Waals surface area contributed by atoms with Gasteiger partial charge in [0.05, 0.1) is 6.61 Å². The molecule has 94 valence electrons. The Bertz CT molecular complexity index is 572. The maximum atomic E-state index is 13.5. The average Bonchev–Trinajstić information content (AvgIpc) is 2.33. The molecule has 0 heterocycles. The van der Waals surface area contributed by atoms with Gasteiger partial charge in [-0.05, 0) is 24.3 Å². The van der Waals surface area contributed by atoms with E-state index in [1.807, 2.05) is 0 Å². The average molecular weight is 270 g/mol. The van der Waals surface area contributed by atoms with E-state index in [2.05, 4.69) is 0 Å². The summed E-state index contributed by atoms with van der Waals surface area (Å²) in [6.45, 7) is -0.474. The zero-order valence-corrected chi connectivity index (χ0v) is 9.98. The fourth-order valence-electron chi connectivity index (χ4n) is 1.46. The fourth-order valence-corrected chi connectivity index (χ4v) is 2.43. The number of hydrogen-bond donors (Lipinski definition) is 1. The Balaban J connectivity index is 2.37. The second-order valence-electron chi connectivity index (χ2n) is 3.55. The van der Waals surface area contributed by atoms with Gasteiger partial charge in [0.15, 0.2) is 0 Å². The van der Waals surface area contributed by atoms with Crippen LogP contribution in [0.5, 0.6) is 0 Å². The van der Waals surface area contributed by atoms with E-state index in [4.69, 9.17) is 5.11 Å². The van der Waals surface area contributed by atoms with Gasteiger partial charge in [-0.15, -0.1) is 0 Å². The van der Waals surface area contributed by atoms with Gasteiger partial charge in [0.1, 0.15) is 17.5 Å². The van der Waals surface area contributed by atoms with Crippen molar-refractivity contribution in [2.75, 3.05) is 0 Å². The van der Waals surface area contributed by atoms with Gasteiger partial charge < -0.3 is 5.11 Å². The number of benzene rings is 2. The SMILES string of the molecule is OCc1c(F)cccc1Sc1ccc(F)cc1F. The van der Waals surface area contributed by atoms with Crippen molar-refractivity contribution in [3.05, 3.63) is 59.4 Å². The lowest BCUT2D eigenvalue weighted by atomic mass is 10.2. The first kappa shape index (κ1) is 13.0. The second kappa shape index (κ2) is 5.46. The van der Waals surface area contributed by atoms with Gasteiger partial charge in [-0.1, -0.05) is 17.8 Å². The lowest BCUT2D eigenvalue weighted by Gasteiger charge is -2.08. The summed E-state index contributed by atoms with van der Waals surface area (Å²) in [5.41, 5.74) is 0.103. The summed E-state index contributed by atoms with van der Waals surface area (Å²) in [5.74, 6) is -1.93. The Kier molecular flexibility index (Phi) is 3.93. The largest absolute Gasteiger partial charge is 0.392 e. The quantitative estimate of drug-likeness (QED) is 0.916. The molecule has 0 aliphatic rings. The van der Waals surface area contributed by atoms with E-state index in [1.165, 1.54) is 18.2 Å². The molecule has 0 saturated carbocycles. The maximum Gasteiger partial charge on any atom is 0.140 e. The fraction of sp³-hybridized carbons (Fsp3) is 0.0769. The molecule has 0 bridgehead atoms. The molecule has 1 N–H and O–H groups in total. The van der Waals surface area contributed by atoms with E-state index < -0.39 is 24.1 Å². The van der Waals surface area contributed by atoms with E-state index in [0.29, 0.717) is 4.90 Å².